The van der Waals surface area contributed by atoms with Crippen molar-refractivity contribution in [3.8, 4) is 0 Å². The van der Waals surface area contributed by atoms with E-state index in [0.717, 1.165) is 34.7 Å². The lowest BCUT2D eigenvalue weighted by Crippen LogP contribution is -2.31. The van der Waals surface area contributed by atoms with Crippen molar-refractivity contribution in [2.75, 3.05) is 12.0 Å². The zero-order valence-corrected chi connectivity index (χ0v) is 14.4. The molecule has 3 heterocycles. The molecule has 0 atom stereocenters. The summed E-state index contributed by atoms with van der Waals surface area (Å²) in [6.45, 7) is 0.524. The highest BCUT2D eigenvalue weighted by Gasteiger charge is 2.22. The quantitative estimate of drug-likeness (QED) is 0.683. The summed E-state index contributed by atoms with van der Waals surface area (Å²) < 4.78 is 3.63. The first-order valence-electron chi connectivity index (χ1n) is 7.45. The second kappa shape index (κ2) is 6.05. The number of thioether (sulfide) groups is 2. The standard InChI is InChI=1S/C16H16N4OS2/c1-22-15-17-16-19(9-11-5-3-2-4-6-11)14(21)12-7-8-23-10-13(12)20(16)18-15/h2-6H,7-10H2,1H3. The van der Waals surface area contributed by atoms with Gasteiger partial charge in [-0.1, -0.05) is 42.1 Å². The number of fused-ring (bicyclic) bond motifs is 3. The highest BCUT2D eigenvalue weighted by Crippen LogP contribution is 2.24. The van der Waals surface area contributed by atoms with Gasteiger partial charge in [-0.25, -0.2) is 4.52 Å². The van der Waals surface area contributed by atoms with Crippen molar-refractivity contribution in [1.82, 2.24) is 19.2 Å². The van der Waals surface area contributed by atoms with Gasteiger partial charge in [0, 0.05) is 11.3 Å². The van der Waals surface area contributed by atoms with Gasteiger partial charge in [0.15, 0.2) is 0 Å². The molecule has 4 rings (SSSR count). The molecule has 0 radical (unpaired) electrons. The van der Waals surface area contributed by atoms with Gasteiger partial charge < -0.3 is 0 Å². The number of hydrogen-bond acceptors (Lipinski definition) is 5. The maximum atomic E-state index is 13.0. The number of hydrogen-bond donors (Lipinski definition) is 0. The summed E-state index contributed by atoms with van der Waals surface area (Å²) in [5, 5.41) is 5.29. The van der Waals surface area contributed by atoms with E-state index in [9.17, 15) is 4.79 Å². The fourth-order valence-electron chi connectivity index (χ4n) is 2.88. The van der Waals surface area contributed by atoms with Gasteiger partial charge in [0.2, 0.25) is 10.9 Å². The summed E-state index contributed by atoms with van der Waals surface area (Å²) in [6.07, 6.45) is 2.76. The average Bonchev–Trinajstić information content (AvgIpc) is 3.04. The van der Waals surface area contributed by atoms with Crippen LogP contribution in [0.3, 0.4) is 0 Å². The molecule has 0 bridgehead atoms. The SMILES string of the molecule is CSc1nc2n(Cc3ccccc3)c(=O)c3c(n2n1)CSCC3. The van der Waals surface area contributed by atoms with Crippen LogP contribution in [0.1, 0.15) is 16.8 Å². The molecule has 1 aromatic carbocycles. The van der Waals surface area contributed by atoms with Gasteiger partial charge in [-0.2, -0.15) is 16.7 Å². The molecule has 0 saturated carbocycles. The molecule has 0 spiro atoms. The molecule has 1 aliphatic heterocycles. The first-order valence-corrected chi connectivity index (χ1v) is 9.83. The van der Waals surface area contributed by atoms with E-state index in [1.807, 2.05) is 52.9 Å². The highest BCUT2D eigenvalue weighted by molar-refractivity contribution is 7.98. The van der Waals surface area contributed by atoms with Crippen LogP contribution in [0.2, 0.25) is 0 Å². The Balaban J connectivity index is 1.96. The molecule has 0 fully saturated rings. The van der Waals surface area contributed by atoms with E-state index in [4.69, 9.17) is 0 Å². The minimum absolute atomic E-state index is 0.0803. The maximum absolute atomic E-state index is 13.0. The van der Waals surface area contributed by atoms with Crippen LogP contribution in [0.15, 0.2) is 40.3 Å². The number of rotatable bonds is 3. The maximum Gasteiger partial charge on any atom is 0.258 e. The van der Waals surface area contributed by atoms with Gasteiger partial charge in [0.05, 0.1) is 12.2 Å². The first-order chi connectivity index (χ1) is 11.3. The van der Waals surface area contributed by atoms with E-state index in [1.54, 1.807) is 4.57 Å². The van der Waals surface area contributed by atoms with Crippen LogP contribution >= 0.6 is 23.5 Å². The van der Waals surface area contributed by atoms with Crippen molar-refractivity contribution < 1.29 is 0 Å². The van der Waals surface area contributed by atoms with E-state index >= 15 is 0 Å². The molecule has 0 N–H and O–H groups in total. The monoisotopic (exact) mass is 344 g/mol. The average molecular weight is 344 g/mol. The largest absolute Gasteiger partial charge is 0.272 e. The molecule has 5 nitrogen and oxygen atoms in total. The van der Waals surface area contributed by atoms with E-state index in [0.29, 0.717) is 17.5 Å². The summed E-state index contributed by atoms with van der Waals surface area (Å²) in [5.74, 6) is 2.46. The van der Waals surface area contributed by atoms with Crippen LogP contribution in [0, 0.1) is 0 Å². The zero-order chi connectivity index (χ0) is 15.8. The van der Waals surface area contributed by atoms with Crippen molar-refractivity contribution >= 4 is 29.3 Å². The predicted molar refractivity (Wildman–Crippen MR) is 94.4 cm³/mol. The molecule has 0 saturated heterocycles. The molecule has 3 aromatic rings. The molecule has 0 amide bonds. The Labute approximate surface area is 142 Å². The summed E-state index contributed by atoms with van der Waals surface area (Å²) >= 11 is 3.35. The molecule has 1 aliphatic rings. The Morgan fingerprint density at radius 3 is 2.91 bits per heavy atom. The van der Waals surface area contributed by atoms with Gasteiger partial charge >= 0.3 is 0 Å². The van der Waals surface area contributed by atoms with Crippen molar-refractivity contribution in [3.63, 3.8) is 0 Å². The first kappa shape index (κ1) is 14.8. The van der Waals surface area contributed by atoms with Crippen LogP contribution in [0.4, 0.5) is 0 Å². The molecular weight excluding hydrogens is 328 g/mol. The second-order valence-electron chi connectivity index (χ2n) is 5.42. The van der Waals surface area contributed by atoms with Gasteiger partial charge in [-0.05, 0) is 24.0 Å². The van der Waals surface area contributed by atoms with E-state index < -0.39 is 0 Å². The number of nitrogens with zero attached hydrogens (tertiary/aromatic N) is 4. The third-order valence-corrected chi connectivity index (χ3v) is 5.53. The molecule has 0 unspecified atom stereocenters. The third-order valence-electron chi connectivity index (χ3n) is 4.02. The zero-order valence-electron chi connectivity index (χ0n) is 12.7. The molecule has 118 valence electrons. The lowest BCUT2D eigenvalue weighted by atomic mass is 10.1. The summed E-state index contributed by atoms with van der Waals surface area (Å²) in [7, 11) is 0. The second-order valence-corrected chi connectivity index (χ2v) is 7.29. The van der Waals surface area contributed by atoms with Gasteiger partial charge in [0.25, 0.3) is 5.56 Å². The van der Waals surface area contributed by atoms with E-state index in [-0.39, 0.29) is 5.56 Å². The Morgan fingerprint density at radius 2 is 2.13 bits per heavy atom. The Bertz CT molecular complexity index is 917. The predicted octanol–water partition coefficient (Wildman–Crippen LogP) is 2.45. The fourth-order valence-corrected chi connectivity index (χ4v) is 4.20. The van der Waals surface area contributed by atoms with Crippen molar-refractivity contribution in [1.29, 1.82) is 0 Å². The summed E-state index contributed by atoms with van der Waals surface area (Å²) in [5.41, 5.74) is 3.08. The minimum Gasteiger partial charge on any atom is -0.272 e. The Morgan fingerprint density at radius 1 is 1.30 bits per heavy atom. The van der Waals surface area contributed by atoms with Crippen molar-refractivity contribution in [3.05, 3.63) is 57.5 Å². The summed E-state index contributed by atoms with van der Waals surface area (Å²) in [6, 6.07) is 10.0. The summed E-state index contributed by atoms with van der Waals surface area (Å²) in [4.78, 5) is 17.6. The van der Waals surface area contributed by atoms with Gasteiger partial charge in [-0.15, -0.1) is 5.10 Å². The normalized spacial score (nSPS) is 14.1. The fraction of sp³-hybridized carbons (Fsp3) is 0.312. The topological polar surface area (TPSA) is 52.2 Å². The number of aromatic nitrogens is 4. The minimum atomic E-state index is 0.0803. The number of benzene rings is 1. The highest BCUT2D eigenvalue weighted by atomic mass is 32.2. The van der Waals surface area contributed by atoms with Gasteiger partial charge in [-0.3, -0.25) is 9.36 Å². The molecule has 2 aromatic heterocycles. The third kappa shape index (κ3) is 2.57. The molecule has 23 heavy (non-hydrogen) atoms. The van der Waals surface area contributed by atoms with Crippen LogP contribution in [-0.2, 0) is 18.7 Å². The molecule has 7 heteroatoms. The lowest BCUT2D eigenvalue weighted by molar-refractivity contribution is 0.705. The van der Waals surface area contributed by atoms with Crippen LogP contribution in [0.25, 0.3) is 5.78 Å². The van der Waals surface area contributed by atoms with Crippen LogP contribution in [-0.4, -0.2) is 31.2 Å². The lowest BCUT2D eigenvalue weighted by Gasteiger charge is -2.18. The van der Waals surface area contributed by atoms with E-state index in [2.05, 4.69) is 10.1 Å². The smallest absolute Gasteiger partial charge is 0.258 e. The molecular formula is C16H16N4OS2. The Hall–Kier alpha value is -1.73. The van der Waals surface area contributed by atoms with Crippen molar-refractivity contribution in [2.24, 2.45) is 0 Å². The van der Waals surface area contributed by atoms with Crippen LogP contribution in [0.5, 0.6) is 0 Å². The van der Waals surface area contributed by atoms with E-state index in [1.165, 1.54) is 11.8 Å². The van der Waals surface area contributed by atoms with Crippen molar-refractivity contribution in [2.45, 2.75) is 23.9 Å². The Kier molecular flexibility index (Phi) is 3.90. The van der Waals surface area contributed by atoms with Crippen LogP contribution < -0.4 is 5.56 Å². The van der Waals surface area contributed by atoms with Gasteiger partial charge in [0.1, 0.15) is 0 Å². The molecule has 0 aliphatic carbocycles.